The van der Waals surface area contributed by atoms with Gasteiger partial charge in [0.15, 0.2) is 5.82 Å². The summed E-state index contributed by atoms with van der Waals surface area (Å²) in [6.45, 7) is 1.38. The topological polar surface area (TPSA) is 120 Å². The third kappa shape index (κ3) is 4.27. The average molecular weight is 286 g/mol. The molecule has 8 nitrogen and oxygen atoms in total. The van der Waals surface area contributed by atoms with Gasteiger partial charge in [0.05, 0.1) is 19.8 Å². The lowest BCUT2D eigenvalue weighted by Crippen LogP contribution is -2.49. The molecule has 1 heterocycles. The highest BCUT2D eigenvalue weighted by molar-refractivity contribution is 5.48. The number of hydrogen-bond acceptors (Lipinski definition) is 8. The zero-order chi connectivity index (χ0) is 15.0. The van der Waals surface area contributed by atoms with E-state index in [-0.39, 0.29) is 6.61 Å². The molecule has 0 amide bonds. The van der Waals surface area contributed by atoms with Gasteiger partial charge < -0.3 is 30.7 Å². The van der Waals surface area contributed by atoms with Crippen LogP contribution in [0.1, 0.15) is 12.7 Å². The zero-order valence-electron chi connectivity index (χ0n) is 11.8. The van der Waals surface area contributed by atoms with Crippen LogP contribution >= 0.6 is 0 Å². The van der Waals surface area contributed by atoms with Crippen LogP contribution < -0.4 is 10.6 Å². The summed E-state index contributed by atoms with van der Waals surface area (Å²) in [4.78, 5) is 8.45. The van der Waals surface area contributed by atoms with E-state index >= 15 is 0 Å². The van der Waals surface area contributed by atoms with E-state index in [4.69, 9.17) is 4.74 Å². The number of nitrogens with one attached hydrogen (secondary N) is 2. The molecule has 1 aromatic rings. The van der Waals surface area contributed by atoms with Crippen molar-refractivity contribution in [3.05, 3.63) is 11.9 Å². The van der Waals surface area contributed by atoms with Crippen molar-refractivity contribution in [2.75, 3.05) is 44.1 Å². The Bertz CT molecular complexity index is 404. The van der Waals surface area contributed by atoms with E-state index in [1.807, 2.05) is 6.92 Å². The molecule has 0 saturated carbocycles. The van der Waals surface area contributed by atoms with Gasteiger partial charge >= 0.3 is 0 Å². The summed E-state index contributed by atoms with van der Waals surface area (Å²) < 4.78 is 5.25. The first kappa shape index (κ1) is 16.6. The Morgan fingerprint density at radius 1 is 1.15 bits per heavy atom. The molecule has 0 bridgehead atoms. The van der Waals surface area contributed by atoms with Crippen LogP contribution in [0, 0.1) is 0 Å². The van der Waals surface area contributed by atoms with Crippen molar-refractivity contribution in [1.82, 2.24) is 9.97 Å². The third-order valence-corrected chi connectivity index (χ3v) is 2.77. The van der Waals surface area contributed by atoms with E-state index in [0.29, 0.717) is 24.1 Å². The molecule has 0 aromatic carbocycles. The van der Waals surface area contributed by atoms with E-state index in [2.05, 4.69) is 20.6 Å². The lowest BCUT2D eigenvalue weighted by Gasteiger charge is -2.29. The summed E-state index contributed by atoms with van der Waals surface area (Å²) in [5.41, 5.74) is -1.23. The predicted molar refractivity (Wildman–Crippen MR) is 74.5 cm³/mol. The quantitative estimate of drug-likeness (QED) is 0.399. The maximum atomic E-state index is 9.31. The number of ether oxygens (including phenoxy) is 1. The molecule has 0 radical (unpaired) electrons. The standard InChI is InChI=1S/C12H22N4O4/c1-3-20-5-11-14-9(13-2)4-10(15-11)16-12(6-17,7-18)8-19/h4,17-19H,3,5-8H2,1-2H3,(H2,13,14,15,16). The van der Waals surface area contributed by atoms with Gasteiger partial charge in [-0.15, -0.1) is 0 Å². The minimum absolute atomic E-state index is 0.255. The van der Waals surface area contributed by atoms with Crippen LogP contribution in [-0.4, -0.2) is 64.3 Å². The Labute approximate surface area is 117 Å². The number of aliphatic hydroxyl groups excluding tert-OH is 3. The summed E-state index contributed by atoms with van der Waals surface area (Å²) in [5, 5.41) is 33.7. The number of nitrogens with zero attached hydrogens (tertiary/aromatic N) is 2. The molecular formula is C12H22N4O4. The second kappa shape index (κ2) is 7.95. The Morgan fingerprint density at radius 2 is 1.75 bits per heavy atom. The van der Waals surface area contributed by atoms with E-state index in [1.54, 1.807) is 13.1 Å². The molecule has 0 spiro atoms. The van der Waals surface area contributed by atoms with Crippen molar-refractivity contribution in [2.24, 2.45) is 0 Å². The average Bonchev–Trinajstić information content (AvgIpc) is 2.50. The molecule has 8 heteroatoms. The molecule has 0 unspecified atom stereocenters. The summed E-state index contributed by atoms with van der Waals surface area (Å²) in [7, 11) is 1.72. The monoisotopic (exact) mass is 286 g/mol. The Kier molecular flexibility index (Phi) is 6.59. The first-order valence-electron chi connectivity index (χ1n) is 6.37. The van der Waals surface area contributed by atoms with E-state index < -0.39 is 25.4 Å². The fraction of sp³-hybridized carbons (Fsp3) is 0.667. The highest BCUT2D eigenvalue weighted by Gasteiger charge is 2.28. The molecule has 0 aliphatic heterocycles. The number of aliphatic hydroxyl groups is 3. The van der Waals surface area contributed by atoms with Gasteiger partial charge in [0.2, 0.25) is 0 Å². The molecule has 5 N–H and O–H groups in total. The van der Waals surface area contributed by atoms with Crippen LogP contribution in [0.25, 0.3) is 0 Å². The van der Waals surface area contributed by atoms with Gasteiger partial charge in [-0.3, -0.25) is 0 Å². The van der Waals surface area contributed by atoms with Crippen molar-refractivity contribution < 1.29 is 20.1 Å². The van der Waals surface area contributed by atoms with Crippen LogP contribution in [0.3, 0.4) is 0 Å². The van der Waals surface area contributed by atoms with Crippen LogP contribution in [0.4, 0.5) is 11.6 Å². The molecule has 0 aliphatic rings. The Balaban J connectivity index is 2.98. The summed E-state index contributed by atoms with van der Waals surface area (Å²) in [5.74, 6) is 1.42. The highest BCUT2D eigenvalue weighted by Crippen LogP contribution is 2.16. The highest BCUT2D eigenvalue weighted by atomic mass is 16.5. The molecule has 0 fully saturated rings. The first-order valence-corrected chi connectivity index (χ1v) is 6.37. The Hall–Kier alpha value is -1.48. The lowest BCUT2D eigenvalue weighted by molar-refractivity contribution is 0.0830. The molecule has 0 aliphatic carbocycles. The zero-order valence-corrected chi connectivity index (χ0v) is 11.8. The van der Waals surface area contributed by atoms with Crippen molar-refractivity contribution in [1.29, 1.82) is 0 Å². The second-order valence-electron chi connectivity index (χ2n) is 4.32. The van der Waals surface area contributed by atoms with Gasteiger partial charge in [-0.25, -0.2) is 9.97 Å². The van der Waals surface area contributed by atoms with Gasteiger partial charge in [0.1, 0.15) is 23.8 Å². The first-order chi connectivity index (χ1) is 9.62. The number of aromatic nitrogens is 2. The van der Waals surface area contributed by atoms with Crippen LogP contribution in [0.2, 0.25) is 0 Å². The number of rotatable bonds is 9. The van der Waals surface area contributed by atoms with Gasteiger partial charge in [-0.05, 0) is 6.92 Å². The third-order valence-electron chi connectivity index (χ3n) is 2.77. The van der Waals surface area contributed by atoms with Crippen LogP contribution in [0.5, 0.6) is 0 Å². The largest absolute Gasteiger partial charge is 0.394 e. The van der Waals surface area contributed by atoms with Gasteiger partial charge in [0, 0.05) is 19.7 Å². The SMILES string of the molecule is CCOCc1nc(NC)cc(NC(CO)(CO)CO)n1. The van der Waals surface area contributed by atoms with E-state index in [9.17, 15) is 15.3 Å². The lowest BCUT2D eigenvalue weighted by atomic mass is 10.0. The number of hydrogen-bond donors (Lipinski definition) is 5. The summed E-state index contributed by atoms with van der Waals surface area (Å²) in [6, 6.07) is 1.62. The molecule has 0 atom stereocenters. The van der Waals surface area contributed by atoms with Crippen LogP contribution in [0.15, 0.2) is 6.07 Å². The van der Waals surface area contributed by atoms with Gasteiger partial charge in [-0.1, -0.05) is 0 Å². The molecule has 1 aromatic heterocycles. The fourth-order valence-corrected chi connectivity index (χ4v) is 1.49. The summed E-state index contributed by atoms with van der Waals surface area (Å²) in [6.07, 6.45) is 0. The maximum Gasteiger partial charge on any atom is 0.158 e. The van der Waals surface area contributed by atoms with E-state index in [0.717, 1.165) is 0 Å². The molecular weight excluding hydrogens is 264 g/mol. The van der Waals surface area contributed by atoms with Gasteiger partial charge in [-0.2, -0.15) is 0 Å². The van der Waals surface area contributed by atoms with Crippen molar-refractivity contribution in [3.8, 4) is 0 Å². The molecule has 20 heavy (non-hydrogen) atoms. The van der Waals surface area contributed by atoms with Crippen LogP contribution in [-0.2, 0) is 11.3 Å². The van der Waals surface area contributed by atoms with Crippen molar-refractivity contribution in [2.45, 2.75) is 19.1 Å². The smallest absolute Gasteiger partial charge is 0.158 e. The molecule has 1 rings (SSSR count). The van der Waals surface area contributed by atoms with Crippen molar-refractivity contribution in [3.63, 3.8) is 0 Å². The molecule has 114 valence electrons. The minimum Gasteiger partial charge on any atom is -0.394 e. The Morgan fingerprint density at radius 3 is 2.25 bits per heavy atom. The fourth-order valence-electron chi connectivity index (χ4n) is 1.49. The van der Waals surface area contributed by atoms with E-state index in [1.165, 1.54) is 0 Å². The maximum absolute atomic E-state index is 9.31. The summed E-state index contributed by atoms with van der Waals surface area (Å²) >= 11 is 0. The number of anilines is 2. The van der Waals surface area contributed by atoms with Gasteiger partial charge in [0.25, 0.3) is 0 Å². The normalized spacial score (nSPS) is 11.4. The minimum atomic E-state index is -1.23. The molecule has 0 saturated heterocycles. The predicted octanol–water partition coefficient (Wildman–Crippen LogP) is -0.818. The van der Waals surface area contributed by atoms with Crippen molar-refractivity contribution >= 4 is 11.6 Å². The second-order valence-corrected chi connectivity index (χ2v) is 4.32.